The standard InChI is InChI=1S/C16H24N2O4/c1-20-6-4-17-16(19)8-14-7-12-9-18(11-15(12)22-14)10-13-3-2-5-21-13/h2-3,5,12,14-15H,4,6-11H2,1H3,(H,17,19)/t12-,14+,15+/m0/s1. The third-order valence-corrected chi connectivity index (χ3v) is 4.39. The summed E-state index contributed by atoms with van der Waals surface area (Å²) < 4.78 is 16.4. The third kappa shape index (κ3) is 3.88. The summed E-state index contributed by atoms with van der Waals surface area (Å²) in [6.07, 6.45) is 3.45. The predicted octanol–water partition coefficient (Wildman–Crippen LogP) is 1.02. The zero-order valence-corrected chi connectivity index (χ0v) is 13.0. The number of hydrogen-bond donors (Lipinski definition) is 1. The molecule has 3 rings (SSSR count). The van der Waals surface area contributed by atoms with Gasteiger partial charge in [0.25, 0.3) is 0 Å². The first-order valence-electron chi connectivity index (χ1n) is 7.90. The van der Waals surface area contributed by atoms with Gasteiger partial charge in [0.05, 0.1) is 38.0 Å². The van der Waals surface area contributed by atoms with Gasteiger partial charge in [-0.2, -0.15) is 0 Å². The van der Waals surface area contributed by atoms with Gasteiger partial charge in [-0.25, -0.2) is 0 Å². The smallest absolute Gasteiger partial charge is 0.222 e. The van der Waals surface area contributed by atoms with Crippen molar-refractivity contribution in [2.45, 2.75) is 31.6 Å². The van der Waals surface area contributed by atoms with Gasteiger partial charge in [0, 0.05) is 32.7 Å². The number of furan rings is 1. The van der Waals surface area contributed by atoms with Crippen LogP contribution in [0.15, 0.2) is 22.8 Å². The number of carbonyl (C=O) groups excluding carboxylic acids is 1. The van der Waals surface area contributed by atoms with Gasteiger partial charge >= 0.3 is 0 Å². The first-order valence-corrected chi connectivity index (χ1v) is 7.90. The summed E-state index contributed by atoms with van der Waals surface area (Å²) in [5.41, 5.74) is 0. The molecule has 0 unspecified atom stereocenters. The van der Waals surface area contributed by atoms with Crippen LogP contribution in [0.3, 0.4) is 0 Å². The number of methoxy groups -OCH3 is 1. The van der Waals surface area contributed by atoms with Crippen LogP contribution in [-0.4, -0.2) is 56.4 Å². The number of rotatable bonds is 7. The van der Waals surface area contributed by atoms with Crippen LogP contribution in [0.5, 0.6) is 0 Å². The van der Waals surface area contributed by atoms with Gasteiger partial charge in [-0.15, -0.1) is 0 Å². The summed E-state index contributed by atoms with van der Waals surface area (Å²) in [5.74, 6) is 1.58. The van der Waals surface area contributed by atoms with E-state index in [0.29, 0.717) is 25.5 Å². The van der Waals surface area contributed by atoms with Gasteiger partial charge in [-0.1, -0.05) is 0 Å². The molecule has 1 N–H and O–H groups in total. The lowest BCUT2D eigenvalue weighted by molar-refractivity contribution is -0.124. The molecule has 0 saturated carbocycles. The van der Waals surface area contributed by atoms with Crippen molar-refractivity contribution in [1.82, 2.24) is 10.2 Å². The Kier molecular flexibility index (Phi) is 5.12. The lowest BCUT2D eigenvalue weighted by Crippen LogP contribution is -2.31. The molecule has 0 radical (unpaired) electrons. The lowest BCUT2D eigenvalue weighted by atomic mass is 10.0. The SMILES string of the molecule is COCCNC(=O)C[C@H]1C[C@H]2CN(Cc3ccco3)C[C@H]2O1. The third-order valence-electron chi connectivity index (χ3n) is 4.39. The van der Waals surface area contributed by atoms with E-state index in [1.807, 2.05) is 12.1 Å². The van der Waals surface area contributed by atoms with Gasteiger partial charge in [-0.05, 0) is 18.6 Å². The average molecular weight is 308 g/mol. The van der Waals surface area contributed by atoms with E-state index in [9.17, 15) is 4.79 Å². The van der Waals surface area contributed by atoms with Gasteiger partial charge in [-0.3, -0.25) is 9.69 Å². The van der Waals surface area contributed by atoms with E-state index in [-0.39, 0.29) is 18.1 Å². The van der Waals surface area contributed by atoms with Crippen LogP contribution >= 0.6 is 0 Å². The number of ether oxygens (including phenoxy) is 2. The zero-order valence-electron chi connectivity index (χ0n) is 13.0. The van der Waals surface area contributed by atoms with Gasteiger partial charge in [0.15, 0.2) is 0 Å². The predicted molar refractivity (Wildman–Crippen MR) is 80.3 cm³/mol. The maximum absolute atomic E-state index is 11.8. The summed E-state index contributed by atoms with van der Waals surface area (Å²) >= 11 is 0. The minimum absolute atomic E-state index is 0.0504. The fourth-order valence-corrected chi connectivity index (χ4v) is 3.40. The number of nitrogens with one attached hydrogen (secondary N) is 1. The highest BCUT2D eigenvalue weighted by Gasteiger charge is 2.42. The van der Waals surface area contributed by atoms with Crippen molar-refractivity contribution >= 4 is 5.91 Å². The van der Waals surface area contributed by atoms with Gasteiger partial charge < -0.3 is 19.2 Å². The van der Waals surface area contributed by atoms with E-state index in [2.05, 4.69) is 10.2 Å². The summed E-state index contributed by atoms with van der Waals surface area (Å²) in [6, 6.07) is 3.92. The number of fused-ring (bicyclic) bond motifs is 1. The molecule has 2 fully saturated rings. The Morgan fingerprint density at radius 2 is 2.41 bits per heavy atom. The Morgan fingerprint density at radius 1 is 1.50 bits per heavy atom. The van der Waals surface area contributed by atoms with Crippen LogP contribution in [0, 0.1) is 5.92 Å². The summed E-state index contributed by atoms with van der Waals surface area (Å²) in [7, 11) is 1.63. The number of amides is 1. The molecule has 0 aromatic carbocycles. The normalized spacial score (nSPS) is 28.0. The second-order valence-corrected chi connectivity index (χ2v) is 6.11. The largest absolute Gasteiger partial charge is 0.468 e. The van der Waals surface area contributed by atoms with Crippen LogP contribution in [0.4, 0.5) is 0 Å². The Bertz CT molecular complexity index is 463. The monoisotopic (exact) mass is 308 g/mol. The van der Waals surface area contributed by atoms with Crippen molar-refractivity contribution in [2.24, 2.45) is 5.92 Å². The molecule has 2 aliphatic rings. The molecule has 0 aliphatic carbocycles. The molecule has 3 atom stereocenters. The van der Waals surface area contributed by atoms with E-state index in [1.54, 1.807) is 13.4 Å². The van der Waals surface area contributed by atoms with Crippen molar-refractivity contribution in [1.29, 1.82) is 0 Å². The number of hydrogen-bond acceptors (Lipinski definition) is 5. The Hall–Kier alpha value is -1.37. The van der Waals surface area contributed by atoms with Crippen molar-refractivity contribution in [3.05, 3.63) is 24.2 Å². The number of nitrogens with zero attached hydrogens (tertiary/aromatic N) is 1. The fraction of sp³-hybridized carbons (Fsp3) is 0.688. The van der Waals surface area contributed by atoms with Crippen LogP contribution in [0.1, 0.15) is 18.6 Å². The maximum atomic E-state index is 11.8. The molecular weight excluding hydrogens is 284 g/mol. The molecule has 2 saturated heterocycles. The highest BCUT2D eigenvalue weighted by Crippen LogP contribution is 2.34. The molecule has 1 aromatic rings. The molecule has 6 nitrogen and oxygen atoms in total. The maximum Gasteiger partial charge on any atom is 0.222 e. The highest BCUT2D eigenvalue weighted by atomic mass is 16.5. The molecule has 3 heterocycles. The first-order chi connectivity index (χ1) is 10.7. The van der Waals surface area contributed by atoms with Crippen LogP contribution in [0.25, 0.3) is 0 Å². The van der Waals surface area contributed by atoms with E-state index in [4.69, 9.17) is 13.9 Å². The molecule has 0 bridgehead atoms. The minimum atomic E-state index is 0.0504. The Balaban J connectivity index is 1.39. The van der Waals surface area contributed by atoms with Crippen molar-refractivity contribution < 1.29 is 18.7 Å². The van der Waals surface area contributed by atoms with Gasteiger partial charge in [0.2, 0.25) is 5.91 Å². The van der Waals surface area contributed by atoms with E-state index in [0.717, 1.165) is 31.8 Å². The Labute approximate surface area is 130 Å². The fourth-order valence-electron chi connectivity index (χ4n) is 3.40. The molecule has 22 heavy (non-hydrogen) atoms. The van der Waals surface area contributed by atoms with E-state index >= 15 is 0 Å². The minimum Gasteiger partial charge on any atom is -0.468 e. The van der Waals surface area contributed by atoms with Crippen LogP contribution < -0.4 is 5.32 Å². The van der Waals surface area contributed by atoms with Crippen LogP contribution in [-0.2, 0) is 20.8 Å². The lowest BCUT2D eigenvalue weighted by Gasteiger charge is -2.18. The number of carbonyl (C=O) groups is 1. The first kappa shape index (κ1) is 15.5. The zero-order chi connectivity index (χ0) is 15.4. The van der Waals surface area contributed by atoms with Crippen LogP contribution in [0.2, 0.25) is 0 Å². The van der Waals surface area contributed by atoms with E-state index in [1.165, 1.54) is 0 Å². The number of likely N-dealkylation sites (tertiary alicyclic amines) is 1. The topological polar surface area (TPSA) is 63.9 Å². The molecule has 6 heteroatoms. The molecule has 1 aromatic heterocycles. The highest BCUT2D eigenvalue weighted by molar-refractivity contribution is 5.76. The van der Waals surface area contributed by atoms with Crippen molar-refractivity contribution in [3.8, 4) is 0 Å². The summed E-state index contributed by atoms with van der Waals surface area (Å²) in [5, 5.41) is 2.85. The molecule has 122 valence electrons. The summed E-state index contributed by atoms with van der Waals surface area (Å²) in [4.78, 5) is 14.2. The average Bonchev–Trinajstić information content (AvgIpc) is 3.16. The second kappa shape index (κ2) is 7.26. The van der Waals surface area contributed by atoms with Crippen molar-refractivity contribution in [2.75, 3.05) is 33.4 Å². The molecule has 2 aliphatic heterocycles. The van der Waals surface area contributed by atoms with Crippen molar-refractivity contribution in [3.63, 3.8) is 0 Å². The molecular formula is C16H24N2O4. The molecule has 0 spiro atoms. The molecule has 1 amide bonds. The second-order valence-electron chi connectivity index (χ2n) is 6.11. The Morgan fingerprint density at radius 3 is 3.14 bits per heavy atom. The quantitative estimate of drug-likeness (QED) is 0.762. The van der Waals surface area contributed by atoms with E-state index < -0.39 is 0 Å². The summed E-state index contributed by atoms with van der Waals surface area (Å²) in [6.45, 7) is 3.89. The van der Waals surface area contributed by atoms with Gasteiger partial charge in [0.1, 0.15) is 5.76 Å².